The standard InChI is InChI=1S/C9H11N3.ClH/c1-12-4-2-8(3-5-12)9(6-10)7-11;/h2-5H2,1H3;1H. The van der Waals surface area contributed by atoms with Crippen LogP contribution in [0.1, 0.15) is 12.8 Å². The molecule has 4 heteroatoms. The van der Waals surface area contributed by atoms with Crippen molar-refractivity contribution in [1.82, 2.24) is 4.90 Å². The van der Waals surface area contributed by atoms with Crippen molar-refractivity contribution in [2.45, 2.75) is 12.8 Å². The van der Waals surface area contributed by atoms with Gasteiger partial charge >= 0.3 is 0 Å². The minimum atomic E-state index is 0. The van der Waals surface area contributed by atoms with E-state index in [0.29, 0.717) is 5.57 Å². The molecule has 0 aromatic heterocycles. The van der Waals surface area contributed by atoms with Gasteiger partial charge in [0.25, 0.3) is 0 Å². The van der Waals surface area contributed by atoms with Crippen molar-refractivity contribution >= 4 is 12.4 Å². The molecule has 0 aliphatic carbocycles. The third kappa shape index (κ3) is 3.06. The normalized spacial score (nSPS) is 16.7. The van der Waals surface area contributed by atoms with Gasteiger partial charge in [-0.05, 0) is 25.5 Å². The van der Waals surface area contributed by atoms with Crippen molar-refractivity contribution in [3.63, 3.8) is 0 Å². The number of likely N-dealkylation sites (tertiary alicyclic amines) is 1. The molecule has 0 spiro atoms. The van der Waals surface area contributed by atoms with Crippen LogP contribution in [-0.2, 0) is 0 Å². The molecular formula is C9H12ClN3. The number of hydrogen-bond acceptors (Lipinski definition) is 3. The van der Waals surface area contributed by atoms with Gasteiger partial charge in [0.2, 0.25) is 0 Å². The number of allylic oxidation sites excluding steroid dienone is 1. The molecule has 0 amide bonds. The summed E-state index contributed by atoms with van der Waals surface area (Å²) in [6.45, 7) is 1.92. The third-order valence-electron chi connectivity index (χ3n) is 2.17. The molecule has 0 aromatic rings. The molecule has 0 radical (unpaired) electrons. The predicted molar refractivity (Wildman–Crippen MR) is 52.2 cm³/mol. The lowest BCUT2D eigenvalue weighted by molar-refractivity contribution is 0.312. The van der Waals surface area contributed by atoms with E-state index in [-0.39, 0.29) is 12.4 Å². The van der Waals surface area contributed by atoms with E-state index in [2.05, 4.69) is 11.9 Å². The molecule has 0 atom stereocenters. The van der Waals surface area contributed by atoms with E-state index in [4.69, 9.17) is 10.5 Å². The van der Waals surface area contributed by atoms with Crippen LogP contribution in [0.2, 0.25) is 0 Å². The van der Waals surface area contributed by atoms with Crippen LogP contribution in [0.5, 0.6) is 0 Å². The molecule has 0 aromatic carbocycles. The molecule has 0 unspecified atom stereocenters. The van der Waals surface area contributed by atoms with Crippen LogP contribution < -0.4 is 0 Å². The maximum Gasteiger partial charge on any atom is 0.128 e. The Labute approximate surface area is 84.7 Å². The van der Waals surface area contributed by atoms with Gasteiger partial charge in [0, 0.05) is 13.1 Å². The molecule has 1 aliphatic rings. The van der Waals surface area contributed by atoms with Gasteiger partial charge < -0.3 is 4.90 Å². The molecule has 0 saturated carbocycles. The molecule has 1 heterocycles. The molecule has 1 saturated heterocycles. The van der Waals surface area contributed by atoms with E-state index >= 15 is 0 Å². The highest BCUT2D eigenvalue weighted by molar-refractivity contribution is 5.85. The van der Waals surface area contributed by atoms with Crippen LogP contribution in [0.15, 0.2) is 11.1 Å². The Morgan fingerprint density at radius 1 is 1.23 bits per heavy atom. The van der Waals surface area contributed by atoms with E-state index in [1.165, 1.54) is 0 Å². The van der Waals surface area contributed by atoms with Crippen molar-refractivity contribution in [3.05, 3.63) is 11.1 Å². The second kappa shape index (κ2) is 5.59. The van der Waals surface area contributed by atoms with E-state index in [9.17, 15) is 0 Å². The SMILES string of the molecule is CN1CCC(=C(C#N)C#N)CC1.Cl. The summed E-state index contributed by atoms with van der Waals surface area (Å²) < 4.78 is 0. The highest BCUT2D eigenvalue weighted by Crippen LogP contribution is 2.17. The first-order valence-electron chi connectivity index (χ1n) is 3.98. The van der Waals surface area contributed by atoms with E-state index in [1.807, 2.05) is 12.1 Å². The fraction of sp³-hybridized carbons (Fsp3) is 0.556. The number of hydrogen-bond donors (Lipinski definition) is 0. The van der Waals surface area contributed by atoms with Crippen LogP contribution in [0.3, 0.4) is 0 Å². The van der Waals surface area contributed by atoms with E-state index < -0.39 is 0 Å². The Balaban J connectivity index is 0.00000144. The van der Waals surface area contributed by atoms with E-state index in [0.717, 1.165) is 31.5 Å². The molecule has 0 N–H and O–H groups in total. The number of nitriles is 2. The van der Waals surface area contributed by atoms with Gasteiger partial charge in [-0.25, -0.2) is 0 Å². The average Bonchev–Trinajstić information content (AvgIpc) is 2.10. The first-order chi connectivity index (χ1) is 5.77. The molecular weight excluding hydrogens is 186 g/mol. The lowest BCUT2D eigenvalue weighted by Gasteiger charge is -2.23. The summed E-state index contributed by atoms with van der Waals surface area (Å²) in [5.74, 6) is 0. The Kier molecular flexibility index (Phi) is 5.14. The Morgan fingerprint density at radius 2 is 1.69 bits per heavy atom. The minimum Gasteiger partial charge on any atom is -0.306 e. The molecule has 13 heavy (non-hydrogen) atoms. The fourth-order valence-corrected chi connectivity index (χ4v) is 1.32. The van der Waals surface area contributed by atoms with Gasteiger partial charge in [-0.1, -0.05) is 0 Å². The van der Waals surface area contributed by atoms with Crippen molar-refractivity contribution in [2.24, 2.45) is 0 Å². The Morgan fingerprint density at radius 3 is 2.08 bits per heavy atom. The van der Waals surface area contributed by atoms with E-state index in [1.54, 1.807) is 0 Å². The summed E-state index contributed by atoms with van der Waals surface area (Å²) in [4.78, 5) is 2.20. The summed E-state index contributed by atoms with van der Waals surface area (Å²) >= 11 is 0. The summed E-state index contributed by atoms with van der Waals surface area (Å²) in [6.07, 6.45) is 1.74. The largest absolute Gasteiger partial charge is 0.306 e. The predicted octanol–water partition coefficient (Wildman–Crippen LogP) is 1.48. The molecule has 3 nitrogen and oxygen atoms in total. The van der Waals surface area contributed by atoms with Crippen LogP contribution in [-0.4, -0.2) is 25.0 Å². The summed E-state index contributed by atoms with van der Waals surface area (Å²) in [5, 5.41) is 17.2. The molecule has 0 bridgehead atoms. The zero-order chi connectivity index (χ0) is 8.97. The summed E-state index contributed by atoms with van der Waals surface area (Å²) in [6, 6.07) is 3.87. The number of nitrogens with zero attached hydrogens (tertiary/aromatic N) is 3. The number of halogens is 1. The van der Waals surface area contributed by atoms with Gasteiger partial charge in [-0.2, -0.15) is 10.5 Å². The third-order valence-corrected chi connectivity index (χ3v) is 2.17. The van der Waals surface area contributed by atoms with Gasteiger partial charge in [0.1, 0.15) is 17.7 Å². The Hall–Kier alpha value is -1.03. The monoisotopic (exact) mass is 197 g/mol. The summed E-state index contributed by atoms with van der Waals surface area (Å²) in [7, 11) is 2.05. The maximum absolute atomic E-state index is 8.60. The van der Waals surface area contributed by atoms with Crippen LogP contribution in [0, 0.1) is 22.7 Å². The summed E-state index contributed by atoms with van der Waals surface area (Å²) in [5.41, 5.74) is 1.35. The lowest BCUT2D eigenvalue weighted by Crippen LogP contribution is -2.26. The van der Waals surface area contributed by atoms with Crippen molar-refractivity contribution in [1.29, 1.82) is 10.5 Å². The van der Waals surface area contributed by atoms with Gasteiger partial charge in [0.05, 0.1) is 0 Å². The molecule has 1 fully saturated rings. The number of piperidine rings is 1. The smallest absolute Gasteiger partial charge is 0.128 e. The number of rotatable bonds is 0. The van der Waals surface area contributed by atoms with Gasteiger partial charge in [0.15, 0.2) is 0 Å². The average molecular weight is 198 g/mol. The second-order valence-electron chi connectivity index (χ2n) is 3.01. The van der Waals surface area contributed by atoms with Crippen molar-refractivity contribution in [2.75, 3.05) is 20.1 Å². The van der Waals surface area contributed by atoms with Crippen LogP contribution >= 0.6 is 12.4 Å². The fourth-order valence-electron chi connectivity index (χ4n) is 1.32. The topological polar surface area (TPSA) is 50.8 Å². The minimum absolute atomic E-state index is 0. The van der Waals surface area contributed by atoms with Crippen LogP contribution in [0.4, 0.5) is 0 Å². The van der Waals surface area contributed by atoms with Crippen molar-refractivity contribution < 1.29 is 0 Å². The van der Waals surface area contributed by atoms with Crippen molar-refractivity contribution in [3.8, 4) is 12.1 Å². The molecule has 70 valence electrons. The Bertz CT molecular complexity index is 256. The second-order valence-corrected chi connectivity index (χ2v) is 3.01. The highest BCUT2D eigenvalue weighted by Gasteiger charge is 2.13. The molecule has 1 rings (SSSR count). The highest BCUT2D eigenvalue weighted by atomic mass is 35.5. The van der Waals surface area contributed by atoms with Gasteiger partial charge in [-0.3, -0.25) is 0 Å². The lowest BCUT2D eigenvalue weighted by atomic mass is 10.00. The van der Waals surface area contributed by atoms with Crippen LogP contribution in [0.25, 0.3) is 0 Å². The first kappa shape index (κ1) is 12.0. The zero-order valence-electron chi connectivity index (χ0n) is 7.58. The first-order valence-corrected chi connectivity index (χ1v) is 3.98. The quantitative estimate of drug-likeness (QED) is 0.553. The molecule has 1 aliphatic heterocycles. The van der Waals surface area contributed by atoms with Gasteiger partial charge in [-0.15, -0.1) is 12.4 Å². The zero-order valence-corrected chi connectivity index (χ0v) is 8.39. The maximum atomic E-state index is 8.60.